The van der Waals surface area contributed by atoms with Crippen molar-refractivity contribution in [2.75, 3.05) is 0 Å². The van der Waals surface area contributed by atoms with Crippen LogP contribution in [0.1, 0.15) is 25.8 Å². The van der Waals surface area contributed by atoms with Crippen molar-refractivity contribution < 1.29 is 9.21 Å². The molecule has 0 aliphatic heterocycles. The number of hydrogen-bond donors (Lipinski definition) is 2. The molecule has 1 aromatic heterocycles. The maximum atomic E-state index is 12.0. The van der Waals surface area contributed by atoms with E-state index in [0.717, 1.165) is 22.2 Å². The Balaban J connectivity index is 1.73. The number of oxazole rings is 1. The Morgan fingerprint density at radius 2 is 1.90 bits per heavy atom. The number of rotatable bonds is 6. The molecule has 0 saturated heterocycles. The van der Waals surface area contributed by atoms with Crippen LogP contribution >= 0.6 is 0 Å². The first-order chi connectivity index (χ1) is 13.7. The largest absolute Gasteiger partial charge is 0.419 e. The van der Waals surface area contributed by atoms with Gasteiger partial charge >= 0.3 is 5.76 Å². The van der Waals surface area contributed by atoms with Crippen LogP contribution in [0.2, 0.25) is 0 Å². The van der Waals surface area contributed by atoms with Gasteiger partial charge in [-0.05, 0) is 42.7 Å². The maximum Gasteiger partial charge on any atom is 0.419 e. The second kappa shape index (κ2) is 7.94. The van der Waals surface area contributed by atoms with Gasteiger partial charge in [0.1, 0.15) is 6.04 Å². The molecule has 3 N–H and O–H groups in total. The minimum absolute atomic E-state index is 0.156. The summed E-state index contributed by atoms with van der Waals surface area (Å²) in [5.74, 6) is -0.630. The molecule has 29 heavy (non-hydrogen) atoms. The lowest BCUT2D eigenvalue weighted by Gasteiger charge is -2.19. The Kier molecular flexibility index (Phi) is 5.57. The summed E-state index contributed by atoms with van der Waals surface area (Å²) in [5.41, 5.74) is 9.38. The van der Waals surface area contributed by atoms with Gasteiger partial charge in [-0.15, -0.1) is 0 Å². The standard InChI is InChI=1S/C22H24N4O3/c1-22(2,24)12-20(27)25-17(13-23)10-14-4-6-15(7-5-14)16-8-9-19-18(11-16)26(3)21(28)29-19/h4-9,11,17H,10,12,24H2,1-3H3,(H,25,27). The molecular weight excluding hydrogens is 368 g/mol. The van der Waals surface area contributed by atoms with Gasteiger partial charge in [-0.3, -0.25) is 9.36 Å². The van der Waals surface area contributed by atoms with Crippen LogP contribution in [0.15, 0.2) is 51.7 Å². The monoisotopic (exact) mass is 392 g/mol. The molecule has 0 saturated carbocycles. The van der Waals surface area contributed by atoms with E-state index in [0.29, 0.717) is 12.0 Å². The first-order valence-corrected chi connectivity index (χ1v) is 9.33. The molecule has 0 aliphatic carbocycles. The van der Waals surface area contributed by atoms with Gasteiger partial charge in [0.2, 0.25) is 5.91 Å². The highest BCUT2D eigenvalue weighted by molar-refractivity contribution is 5.80. The summed E-state index contributed by atoms with van der Waals surface area (Å²) in [6.45, 7) is 3.54. The Morgan fingerprint density at radius 3 is 2.52 bits per heavy atom. The molecular formula is C22H24N4O3. The van der Waals surface area contributed by atoms with Crippen LogP contribution in [0, 0.1) is 11.3 Å². The normalized spacial score (nSPS) is 12.5. The molecule has 7 heteroatoms. The Morgan fingerprint density at radius 1 is 1.24 bits per heavy atom. The fraction of sp³-hybridized carbons (Fsp3) is 0.318. The van der Waals surface area contributed by atoms with Gasteiger partial charge in [-0.2, -0.15) is 5.26 Å². The molecule has 0 spiro atoms. The van der Waals surface area contributed by atoms with Crippen molar-refractivity contribution in [1.29, 1.82) is 5.26 Å². The summed E-state index contributed by atoms with van der Waals surface area (Å²) >= 11 is 0. The minimum atomic E-state index is -0.620. The molecule has 1 heterocycles. The number of nitrogens with one attached hydrogen (secondary N) is 1. The molecule has 7 nitrogen and oxygen atoms in total. The molecule has 0 bridgehead atoms. The summed E-state index contributed by atoms with van der Waals surface area (Å²) in [5, 5.41) is 12.1. The van der Waals surface area contributed by atoms with Crippen molar-refractivity contribution in [2.24, 2.45) is 12.8 Å². The third kappa shape index (κ3) is 4.92. The number of nitrogens with two attached hydrogens (primary N) is 1. The zero-order chi connectivity index (χ0) is 21.2. The summed E-state index contributed by atoms with van der Waals surface area (Å²) < 4.78 is 6.63. The van der Waals surface area contributed by atoms with Gasteiger partial charge in [0, 0.05) is 25.4 Å². The summed E-state index contributed by atoms with van der Waals surface area (Å²) in [4.78, 5) is 23.7. The second-order valence-corrected chi connectivity index (χ2v) is 7.93. The van der Waals surface area contributed by atoms with Gasteiger partial charge in [0.05, 0.1) is 11.6 Å². The number of carbonyl (C=O) groups is 1. The van der Waals surface area contributed by atoms with Crippen molar-refractivity contribution in [3.05, 3.63) is 58.6 Å². The number of amides is 1. The number of hydrogen-bond acceptors (Lipinski definition) is 5. The number of aryl methyl sites for hydroxylation is 1. The lowest BCUT2D eigenvalue weighted by atomic mass is 9.99. The van der Waals surface area contributed by atoms with E-state index in [1.807, 2.05) is 36.4 Å². The molecule has 3 aromatic rings. The predicted octanol–water partition coefficient (Wildman–Crippen LogP) is 2.48. The molecule has 150 valence electrons. The highest BCUT2D eigenvalue weighted by atomic mass is 16.4. The van der Waals surface area contributed by atoms with E-state index >= 15 is 0 Å². The first-order valence-electron chi connectivity index (χ1n) is 9.33. The zero-order valence-electron chi connectivity index (χ0n) is 16.7. The number of aromatic nitrogens is 1. The molecule has 1 unspecified atom stereocenters. The van der Waals surface area contributed by atoms with Crippen LogP contribution in [0.3, 0.4) is 0 Å². The number of nitriles is 1. The van der Waals surface area contributed by atoms with Crippen LogP contribution in [0.5, 0.6) is 0 Å². The number of carbonyl (C=O) groups excluding carboxylic acids is 1. The van der Waals surface area contributed by atoms with Crippen molar-refractivity contribution in [3.8, 4) is 17.2 Å². The SMILES string of the molecule is Cn1c(=O)oc2ccc(-c3ccc(CC(C#N)NC(=O)CC(C)(C)N)cc3)cc21. The molecule has 0 fully saturated rings. The summed E-state index contributed by atoms with van der Waals surface area (Å²) in [7, 11) is 1.67. The maximum absolute atomic E-state index is 12.0. The molecule has 3 rings (SSSR count). The fourth-order valence-electron chi connectivity index (χ4n) is 3.16. The first kappa shape index (κ1) is 20.4. The van der Waals surface area contributed by atoms with Gasteiger partial charge in [-0.25, -0.2) is 4.79 Å². The highest BCUT2D eigenvalue weighted by Crippen LogP contribution is 2.24. The Labute approximate surface area is 168 Å². The van der Waals surface area contributed by atoms with Crippen LogP contribution in [-0.2, 0) is 18.3 Å². The average Bonchev–Trinajstić information content (AvgIpc) is 2.94. The number of nitrogens with zero attached hydrogens (tertiary/aromatic N) is 2. The summed E-state index contributed by atoms with van der Waals surface area (Å²) in [6.07, 6.45) is 0.561. The van der Waals surface area contributed by atoms with E-state index in [9.17, 15) is 14.9 Å². The van der Waals surface area contributed by atoms with Gasteiger partial charge in [0.25, 0.3) is 0 Å². The van der Waals surface area contributed by atoms with Crippen molar-refractivity contribution in [1.82, 2.24) is 9.88 Å². The van der Waals surface area contributed by atoms with Crippen molar-refractivity contribution in [3.63, 3.8) is 0 Å². The quantitative estimate of drug-likeness (QED) is 0.669. The molecule has 1 atom stereocenters. The summed E-state index contributed by atoms with van der Waals surface area (Å²) in [6, 6.07) is 14.8. The minimum Gasteiger partial charge on any atom is -0.408 e. The average molecular weight is 392 g/mol. The van der Waals surface area contributed by atoms with Crippen molar-refractivity contribution in [2.45, 2.75) is 38.3 Å². The van der Waals surface area contributed by atoms with Crippen LogP contribution in [0.4, 0.5) is 0 Å². The van der Waals surface area contributed by atoms with Gasteiger partial charge in [-0.1, -0.05) is 30.3 Å². The number of benzene rings is 2. The van der Waals surface area contributed by atoms with E-state index in [1.165, 1.54) is 4.57 Å². The third-order valence-corrected chi connectivity index (χ3v) is 4.63. The number of fused-ring (bicyclic) bond motifs is 1. The topological polar surface area (TPSA) is 114 Å². The lowest BCUT2D eigenvalue weighted by Crippen LogP contribution is -2.42. The molecule has 1 amide bonds. The Hall–Kier alpha value is -3.37. The third-order valence-electron chi connectivity index (χ3n) is 4.63. The second-order valence-electron chi connectivity index (χ2n) is 7.93. The smallest absolute Gasteiger partial charge is 0.408 e. The van der Waals surface area contributed by atoms with Crippen LogP contribution in [-0.4, -0.2) is 22.1 Å². The van der Waals surface area contributed by atoms with E-state index in [4.69, 9.17) is 10.2 Å². The van der Waals surface area contributed by atoms with E-state index in [1.54, 1.807) is 27.0 Å². The highest BCUT2D eigenvalue weighted by Gasteiger charge is 2.19. The Bertz CT molecular complexity index is 1130. The van der Waals surface area contributed by atoms with Gasteiger partial charge in [0.15, 0.2) is 5.58 Å². The van der Waals surface area contributed by atoms with Crippen LogP contribution in [0.25, 0.3) is 22.2 Å². The molecule has 0 aliphatic rings. The molecule has 0 radical (unpaired) electrons. The van der Waals surface area contributed by atoms with E-state index < -0.39 is 17.3 Å². The van der Waals surface area contributed by atoms with E-state index in [-0.39, 0.29) is 12.3 Å². The van der Waals surface area contributed by atoms with E-state index in [2.05, 4.69) is 11.4 Å². The van der Waals surface area contributed by atoms with Crippen LogP contribution < -0.4 is 16.8 Å². The fourth-order valence-corrected chi connectivity index (χ4v) is 3.16. The zero-order valence-corrected chi connectivity index (χ0v) is 16.7. The van der Waals surface area contributed by atoms with Crippen molar-refractivity contribution >= 4 is 17.0 Å². The predicted molar refractivity (Wildman–Crippen MR) is 111 cm³/mol. The lowest BCUT2D eigenvalue weighted by molar-refractivity contribution is -0.122. The van der Waals surface area contributed by atoms with Gasteiger partial charge < -0.3 is 15.5 Å². The molecule has 2 aromatic carbocycles.